The summed E-state index contributed by atoms with van der Waals surface area (Å²) in [6.45, 7) is 9.03. The summed E-state index contributed by atoms with van der Waals surface area (Å²) in [6, 6.07) is 0. The minimum atomic E-state index is 0.0814. The molecular formula is C13H22N2O. The molecule has 0 aliphatic carbocycles. The van der Waals surface area contributed by atoms with Crippen LogP contribution in [-0.4, -0.2) is 18.6 Å². The fourth-order valence-electron chi connectivity index (χ4n) is 1.77. The number of pyridine rings is 1. The highest BCUT2D eigenvalue weighted by atomic mass is 16.5. The van der Waals surface area contributed by atoms with Gasteiger partial charge in [-0.05, 0) is 32.2 Å². The summed E-state index contributed by atoms with van der Waals surface area (Å²) in [6.07, 6.45) is 2.75. The van der Waals surface area contributed by atoms with Gasteiger partial charge in [0.25, 0.3) is 0 Å². The zero-order valence-corrected chi connectivity index (χ0v) is 10.9. The molecule has 90 valence electrons. The van der Waals surface area contributed by atoms with Crippen LogP contribution in [0.4, 0.5) is 0 Å². The van der Waals surface area contributed by atoms with Crippen molar-refractivity contribution in [2.75, 3.05) is 13.7 Å². The third-order valence-electron chi connectivity index (χ3n) is 2.95. The van der Waals surface area contributed by atoms with Crippen LogP contribution in [0.3, 0.4) is 0 Å². The molecule has 0 saturated carbocycles. The Kier molecular flexibility index (Phi) is 3.92. The molecule has 2 N–H and O–H groups in total. The van der Waals surface area contributed by atoms with Gasteiger partial charge in [-0.15, -0.1) is 0 Å². The summed E-state index contributed by atoms with van der Waals surface area (Å²) >= 11 is 0. The molecule has 0 saturated heterocycles. The standard InChI is InChI=1S/C13H22N2O/c1-9-7-15-11(6-13(3,4)8-14)10(2)12(9)16-5/h7H,6,8,14H2,1-5H3. The molecular weight excluding hydrogens is 200 g/mol. The molecule has 1 aromatic heterocycles. The van der Waals surface area contributed by atoms with Crippen molar-refractivity contribution in [2.24, 2.45) is 11.1 Å². The lowest BCUT2D eigenvalue weighted by atomic mass is 9.86. The number of nitrogens with zero attached hydrogens (tertiary/aromatic N) is 1. The molecule has 0 fully saturated rings. The second-order valence-electron chi connectivity index (χ2n) is 5.09. The van der Waals surface area contributed by atoms with Gasteiger partial charge in [0.1, 0.15) is 5.75 Å². The molecule has 0 aromatic carbocycles. The minimum Gasteiger partial charge on any atom is -0.496 e. The van der Waals surface area contributed by atoms with Crippen molar-refractivity contribution in [2.45, 2.75) is 34.1 Å². The van der Waals surface area contributed by atoms with Crippen molar-refractivity contribution in [1.29, 1.82) is 0 Å². The minimum absolute atomic E-state index is 0.0814. The van der Waals surface area contributed by atoms with Crippen LogP contribution in [0.5, 0.6) is 5.75 Å². The van der Waals surface area contributed by atoms with Gasteiger partial charge in [0.15, 0.2) is 0 Å². The molecule has 0 aliphatic rings. The summed E-state index contributed by atoms with van der Waals surface area (Å²) in [4.78, 5) is 4.48. The van der Waals surface area contributed by atoms with Crippen LogP contribution in [0, 0.1) is 19.3 Å². The number of aromatic nitrogens is 1. The van der Waals surface area contributed by atoms with Crippen LogP contribution < -0.4 is 10.5 Å². The van der Waals surface area contributed by atoms with E-state index in [1.54, 1.807) is 7.11 Å². The van der Waals surface area contributed by atoms with E-state index in [1.165, 1.54) is 0 Å². The van der Waals surface area contributed by atoms with Crippen LogP contribution in [-0.2, 0) is 6.42 Å². The van der Waals surface area contributed by atoms with E-state index < -0.39 is 0 Å². The topological polar surface area (TPSA) is 48.1 Å². The Morgan fingerprint density at radius 3 is 2.50 bits per heavy atom. The first-order valence-corrected chi connectivity index (χ1v) is 5.60. The van der Waals surface area contributed by atoms with Gasteiger partial charge in [0.2, 0.25) is 0 Å². The number of rotatable bonds is 4. The van der Waals surface area contributed by atoms with Crippen molar-refractivity contribution in [3.05, 3.63) is 23.0 Å². The third kappa shape index (κ3) is 2.73. The van der Waals surface area contributed by atoms with Gasteiger partial charge < -0.3 is 10.5 Å². The van der Waals surface area contributed by atoms with E-state index in [-0.39, 0.29) is 5.41 Å². The predicted molar refractivity (Wildman–Crippen MR) is 66.8 cm³/mol. The maximum Gasteiger partial charge on any atom is 0.128 e. The van der Waals surface area contributed by atoms with Crippen molar-refractivity contribution in [1.82, 2.24) is 4.98 Å². The summed E-state index contributed by atoms with van der Waals surface area (Å²) in [5, 5.41) is 0. The van der Waals surface area contributed by atoms with Crippen molar-refractivity contribution in [3.8, 4) is 5.75 Å². The summed E-state index contributed by atoms with van der Waals surface area (Å²) in [5.41, 5.74) is 9.12. The highest BCUT2D eigenvalue weighted by molar-refractivity contribution is 5.41. The zero-order valence-electron chi connectivity index (χ0n) is 10.9. The van der Waals surface area contributed by atoms with Gasteiger partial charge in [-0.25, -0.2) is 0 Å². The number of hydrogen-bond donors (Lipinski definition) is 1. The van der Waals surface area contributed by atoms with Gasteiger partial charge in [-0.2, -0.15) is 0 Å². The van der Waals surface area contributed by atoms with Gasteiger partial charge in [-0.3, -0.25) is 4.98 Å². The van der Waals surface area contributed by atoms with Crippen LogP contribution in [0.2, 0.25) is 0 Å². The smallest absolute Gasteiger partial charge is 0.128 e. The van der Waals surface area contributed by atoms with E-state index in [0.717, 1.165) is 29.0 Å². The largest absolute Gasteiger partial charge is 0.496 e. The highest BCUT2D eigenvalue weighted by Gasteiger charge is 2.20. The average Bonchev–Trinajstić information content (AvgIpc) is 2.23. The molecule has 0 amide bonds. The SMILES string of the molecule is COc1c(C)cnc(CC(C)(C)CN)c1C. The van der Waals surface area contributed by atoms with Crippen LogP contribution in [0.15, 0.2) is 6.20 Å². The molecule has 1 heterocycles. The molecule has 3 heteroatoms. The summed E-state index contributed by atoms with van der Waals surface area (Å²) < 4.78 is 5.39. The summed E-state index contributed by atoms with van der Waals surface area (Å²) in [5.74, 6) is 0.942. The number of methoxy groups -OCH3 is 1. The zero-order chi connectivity index (χ0) is 12.3. The maximum absolute atomic E-state index is 5.75. The van der Waals surface area contributed by atoms with E-state index in [9.17, 15) is 0 Å². The Morgan fingerprint density at radius 1 is 1.38 bits per heavy atom. The monoisotopic (exact) mass is 222 g/mol. The first kappa shape index (κ1) is 13.0. The summed E-state index contributed by atoms with van der Waals surface area (Å²) in [7, 11) is 1.70. The Labute approximate surface area is 98.0 Å². The second kappa shape index (κ2) is 4.83. The maximum atomic E-state index is 5.75. The predicted octanol–water partition coefficient (Wildman–Crippen LogP) is 2.23. The van der Waals surface area contributed by atoms with E-state index in [0.29, 0.717) is 6.54 Å². The lowest BCUT2D eigenvalue weighted by molar-refractivity contribution is 0.367. The van der Waals surface area contributed by atoms with Gasteiger partial charge in [0, 0.05) is 23.0 Å². The molecule has 16 heavy (non-hydrogen) atoms. The second-order valence-corrected chi connectivity index (χ2v) is 5.09. The Balaban J connectivity index is 3.07. The highest BCUT2D eigenvalue weighted by Crippen LogP contribution is 2.28. The first-order chi connectivity index (χ1) is 7.41. The normalized spacial score (nSPS) is 11.6. The van der Waals surface area contributed by atoms with E-state index in [4.69, 9.17) is 10.5 Å². The third-order valence-corrected chi connectivity index (χ3v) is 2.95. The van der Waals surface area contributed by atoms with Gasteiger partial charge >= 0.3 is 0 Å². The van der Waals surface area contributed by atoms with E-state index in [2.05, 4.69) is 25.8 Å². The van der Waals surface area contributed by atoms with Gasteiger partial charge in [0.05, 0.1) is 7.11 Å². The lowest BCUT2D eigenvalue weighted by Gasteiger charge is -2.23. The van der Waals surface area contributed by atoms with Crippen LogP contribution in [0.25, 0.3) is 0 Å². The van der Waals surface area contributed by atoms with Crippen molar-refractivity contribution < 1.29 is 4.74 Å². The molecule has 1 aromatic rings. The molecule has 0 atom stereocenters. The number of aryl methyl sites for hydroxylation is 1. The van der Waals surface area contributed by atoms with E-state index in [1.807, 2.05) is 13.1 Å². The Morgan fingerprint density at radius 2 is 2.00 bits per heavy atom. The van der Waals surface area contributed by atoms with Crippen molar-refractivity contribution in [3.63, 3.8) is 0 Å². The first-order valence-electron chi connectivity index (χ1n) is 5.60. The molecule has 0 bridgehead atoms. The molecule has 1 rings (SSSR count). The van der Waals surface area contributed by atoms with Crippen LogP contribution in [0.1, 0.15) is 30.7 Å². The molecule has 3 nitrogen and oxygen atoms in total. The lowest BCUT2D eigenvalue weighted by Crippen LogP contribution is -2.26. The van der Waals surface area contributed by atoms with Crippen molar-refractivity contribution >= 4 is 0 Å². The van der Waals surface area contributed by atoms with Crippen LogP contribution >= 0.6 is 0 Å². The molecule has 0 spiro atoms. The number of ether oxygens (including phenoxy) is 1. The Hall–Kier alpha value is -1.09. The quantitative estimate of drug-likeness (QED) is 0.850. The fourth-order valence-corrected chi connectivity index (χ4v) is 1.77. The average molecular weight is 222 g/mol. The molecule has 0 radical (unpaired) electrons. The molecule has 0 aliphatic heterocycles. The van der Waals surface area contributed by atoms with E-state index >= 15 is 0 Å². The number of hydrogen-bond acceptors (Lipinski definition) is 3. The molecule has 0 unspecified atom stereocenters. The Bertz CT molecular complexity index is 372. The number of nitrogens with two attached hydrogens (primary N) is 1. The fraction of sp³-hybridized carbons (Fsp3) is 0.615. The van der Waals surface area contributed by atoms with Gasteiger partial charge in [-0.1, -0.05) is 13.8 Å².